The van der Waals surface area contributed by atoms with Gasteiger partial charge in [0, 0.05) is 11.6 Å². The molecule has 23 heavy (non-hydrogen) atoms. The summed E-state index contributed by atoms with van der Waals surface area (Å²) in [6.07, 6.45) is 0. The third-order valence-electron chi connectivity index (χ3n) is 3.39. The molecule has 3 aromatic rings. The zero-order valence-electron chi connectivity index (χ0n) is 12.5. The number of thiazole rings is 1. The lowest BCUT2D eigenvalue weighted by Crippen LogP contribution is -2.24. The van der Waals surface area contributed by atoms with Crippen LogP contribution < -0.4 is 5.32 Å². The van der Waals surface area contributed by atoms with Crippen LogP contribution in [0.25, 0.3) is 10.2 Å². The number of rotatable bonds is 5. The molecule has 6 heteroatoms. The van der Waals surface area contributed by atoms with Crippen LogP contribution in [-0.2, 0) is 11.3 Å². The quantitative estimate of drug-likeness (QED) is 0.671. The minimum atomic E-state index is 0.00976. The number of amides is 1. The number of nitrogens with one attached hydrogen (secondary N) is 1. The highest BCUT2D eigenvalue weighted by molar-refractivity contribution is 8.01. The summed E-state index contributed by atoms with van der Waals surface area (Å²) in [5, 5.41) is 3.63. The van der Waals surface area contributed by atoms with E-state index in [1.54, 1.807) is 11.3 Å². The third kappa shape index (κ3) is 4.25. The van der Waals surface area contributed by atoms with Crippen molar-refractivity contribution in [1.29, 1.82) is 0 Å². The normalized spacial score (nSPS) is 10.9. The monoisotopic (exact) mass is 362 g/mol. The fourth-order valence-corrected chi connectivity index (χ4v) is 4.17. The molecule has 0 aliphatic rings. The lowest BCUT2D eigenvalue weighted by Gasteiger charge is -2.07. The molecule has 0 spiro atoms. The van der Waals surface area contributed by atoms with E-state index in [1.165, 1.54) is 17.3 Å². The Morgan fingerprint density at radius 3 is 2.96 bits per heavy atom. The Labute approximate surface area is 148 Å². The number of carbonyl (C=O) groups is 1. The molecular weight excluding hydrogens is 348 g/mol. The molecule has 1 amide bonds. The second-order valence-corrected chi connectivity index (χ2v) is 7.77. The van der Waals surface area contributed by atoms with Gasteiger partial charge < -0.3 is 5.32 Å². The minimum Gasteiger partial charge on any atom is -0.351 e. The summed E-state index contributed by atoms with van der Waals surface area (Å²) in [7, 11) is 0. The highest BCUT2D eigenvalue weighted by Gasteiger charge is 2.08. The summed E-state index contributed by atoms with van der Waals surface area (Å²) in [4.78, 5) is 16.5. The first-order valence-electron chi connectivity index (χ1n) is 7.12. The highest BCUT2D eigenvalue weighted by atomic mass is 35.5. The van der Waals surface area contributed by atoms with Gasteiger partial charge in [-0.3, -0.25) is 4.79 Å². The first-order valence-corrected chi connectivity index (χ1v) is 9.30. The van der Waals surface area contributed by atoms with Gasteiger partial charge in [0.05, 0.1) is 16.0 Å². The van der Waals surface area contributed by atoms with E-state index in [4.69, 9.17) is 11.6 Å². The first-order chi connectivity index (χ1) is 11.1. The van der Waals surface area contributed by atoms with Gasteiger partial charge in [-0.25, -0.2) is 4.98 Å². The second-order valence-electron chi connectivity index (χ2n) is 5.08. The molecule has 0 unspecified atom stereocenters. The average Bonchev–Trinajstić information content (AvgIpc) is 2.94. The molecule has 2 aromatic carbocycles. The molecule has 1 N–H and O–H groups in total. The standard InChI is InChI=1S/C17H15ClN2OS2/c1-11-4-2-3-5-12(11)9-19-16(21)10-22-17-20-14-8-13(18)6-7-15(14)23-17/h2-8H,9-10H2,1H3,(H,19,21). The Bertz CT molecular complexity index is 847. The number of nitrogens with zero attached hydrogens (tertiary/aromatic N) is 1. The molecule has 0 aliphatic heterocycles. The molecule has 1 aromatic heterocycles. The largest absolute Gasteiger partial charge is 0.351 e. The molecular formula is C17H15ClN2OS2. The summed E-state index contributed by atoms with van der Waals surface area (Å²) >= 11 is 8.99. The number of aromatic nitrogens is 1. The van der Waals surface area contributed by atoms with E-state index in [9.17, 15) is 4.79 Å². The van der Waals surface area contributed by atoms with Gasteiger partial charge in [0.2, 0.25) is 5.91 Å². The van der Waals surface area contributed by atoms with E-state index < -0.39 is 0 Å². The minimum absolute atomic E-state index is 0.00976. The Balaban J connectivity index is 1.54. The van der Waals surface area contributed by atoms with Crippen LogP contribution in [-0.4, -0.2) is 16.6 Å². The van der Waals surface area contributed by atoms with Crippen LogP contribution in [0.5, 0.6) is 0 Å². The summed E-state index contributed by atoms with van der Waals surface area (Å²) in [5.41, 5.74) is 3.20. The van der Waals surface area contributed by atoms with Crippen LogP contribution in [0.3, 0.4) is 0 Å². The fraction of sp³-hybridized carbons (Fsp3) is 0.176. The van der Waals surface area contributed by atoms with E-state index in [0.717, 1.165) is 20.1 Å². The Morgan fingerprint density at radius 2 is 2.13 bits per heavy atom. The molecule has 0 saturated carbocycles. The molecule has 3 rings (SSSR count). The summed E-state index contributed by atoms with van der Waals surface area (Å²) in [6.45, 7) is 2.60. The van der Waals surface area contributed by atoms with Gasteiger partial charge in [0.15, 0.2) is 4.34 Å². The smallest absolute Gasteiger partial charge is 0.230 e. The molecule has 0 saturated heterocycles. The lowest BCUT2D eigenvalue weighted by molar-refractivity contribution is -0.118. The predicted octanol–water partition coefficient (Wildman–Crippen LogP) is 4.67. The summed E-state index contributed by atoms with van der Waals surface area (Å²) < 4.78 is 1.96. The molecule has 0 radical (unpaired) electrons. The number of thioether (sulfide) groups is 1. The van der Waals surface area contributed by atoms with E-state index in [2.05, 4.69) is 10.3 Å². The average molecular weight is 363 g/mol. The molecule has 0 atom stereocenters. The molecule has 3 nitrogen and oxygen atoms in total. The summed E-state index contributed by atoms with van der Waals surface area (Å²) in [6, 6.07) is 13.7. The lowest BCUT2D eigenvalue weighted by atomic mass is 10.1. The maximum absolute atomic E-state index is 12.0. The number of carbonyl (C=O) groups excluding carboxylic acids is 1. The van der Waals surface area contributed by atoms with Gasteiger partial charge in [-0.05, 0) is 36.2 Å². The van der Waals surface area contributed by atoms with Gasteiger partial charge in [-0.1, -0.05) is 47.6 Å². The Kier molecular flexibility index (Phi) is 5.20. The van der Waals surface area contributed by atoms with Gasteiger partial charge in [-0.15, -0.1) is 11.3 Å². The second kappa shape index (κ2) is 7.34. The Hall–Kier alpha value is -1.56. The van der Waals surface area contributed by atoms with Crippen LogP contribution in [0.4, 0.5) is 0 Å². The van der Waals surface area contributed by atoms with Crippen molar-refractivity contribution < 1.29 is 4.79 Å². The number of halogens is 1. The van der Waals surface area contributed by atoms with E-state index in [-0.39, 0.29) is 5.91 Å². The van der Waals surface area contributed by atoms with Crippen molar-refractivity contribution in [2.45, 2.75) is 17.8 Å². The summed E-state index contributed by atoms with van der Waals surface area (Å²) in [5.74, 6) is 0.370. The van der Waals surface area contributed by atoms with Crippen LogP contribution in [0.15, 0.2) is 46.8 Å². The first kappa shape index (κ1) is 16.3. The maximum Gasteiger partial charge on any atom is 0.230 e. The van der Waals surface area contributed by atoms with Crippen molar-refractivity contribution in [1.82, 2.24) is 10.3 Å². The van der Waals surface area contributed by atoms with Crippen molar-refractivity contribution in [2.75, 3.05) is 5.75 Å². The van der Waals surface area contributed by atoms with Crippen LogP contribution >= 0.6 is 34.7 Å². The molecule has 0 aliphatic carbocycles. The third-order valence-corrected chi connectivity index (χ3v) is 5.81. The SMILES string of the molecule is Cc1ccccc1CNC(=O)CSc1nc2cc(Cl)ccc2s1. The zero-order chi connectivity index (χ0) is 16.2. The van der Waals surface area contributed by atoms with Crippen molar-refractivity contribution in [3.63, 3.8) is 0 Å². The van der Waals surface area contributed by atoms with Gasteiger partial charge >= 0.3 is 0 Å². The molecule has 0 bridgehead atoms. The van der Waals surface area contributed by atoms with Crippen molar-refractivity contribution in [2.24, 2.45) is 0 Å². The predicted molar refractivity (Wildman–Crippen MR) is 98.4 cm³/mol. The highest BCUT2D eigenvalue weighted by Crippen LogP contribution is 2.30. The number of fused-ring (bicyclic) bond motifs is 1. The molecule has 1 heterocycles. The number of benzene rings is 2. The van der Waals surface area contributed by atoms with E-state index in [0.29, 0.717) is 17.3 Å². The van der Waals surface area contributed by atoms with Gasteiger partial charge in [-0.2, -0.15) is 0 Å². The van der Waals surface area contributed by atoms with Crippen LogP contribution in [0, 0.1) is 6.92 Å². The topological polar surface area (TPSA) is 42.0 Å². The van der Waals surface area contributed by atoms with Gasteiger partial charge in [0.25, 0.3) is 0 Å². The van der Waals surface area contributed by atoms with Crippen molar-refractivity contribution in [3.8, 4) is 0 Å². The number of hydrogen-bond donors (Lipinski definition) is 1. The van der Waals surface area contributed by atoms with Crippen LogP contribution in [0.2, 0.25) is 5.02 Å². The van der Waals surface area contributed by atoms with Crippen molar-refractivity contribution >= 4 is 50.8 Å². The maximum atomic E-state index is 12.0. The van der Waals surface area contributed by atoms with E-state index >= 15 is 0 Å². The number of hydrogen-bond acceptors (Lipinski definition) is 4. The fourth-order valence-electron chi connectivity index (χ4n) is 2.12. The number of aryl methyl sites for hydroxylation is 1. The molecule has 118 valence electrons. The van der Waals surface area contributed by atoms with Gasteiger partial charge in [0.1, 0.15) is 0 Å². The van der Waals surface area contributed by atoms with Crippen molar-refractivity contribution in [3.05, 3.63) is 58.6 Å². The Morgan fingerprint density at radius 1 is 1.30 bits per heavy atom. The van der Waals surface area contributed by atoms with E-state index in [1.807, 2.05) is 49.4 Å². The zero-order valence-corrected chi connectivity index (χ0v) is 14.9. The molecule has 0 fully saturated rings. The van der Waals surface area contributed by atoms with Crippen LogP contribution in [0.1, 0.15) is 11.1 Å².